The fraction of sp³-hybridized carbons (Fsp3) is 0.857. The summed E-state index contributed by atoms with van der Waals surface area (Å²) in [6.07, 6.45) is -2.24. The van der Waals surface area contributed by atoms with Gasteiger partial charge in [-0.15, -0.1) is 0 Å². The third kappa shape index (κ3) is 14.2. The van der Waals surface area contributed by atoms with Gasteiger partial charge in [0.25, 0.3) is 0 Å². The lowest BCUT2D eigenvalue weighted by atomic mass is 10.4. The highest BCUT2D eigenvalue weighted by Gasteiger charge is 2.08. The maximum Gasteiger partial charge on any atom is 0.303 e. The van der Waals surface area contributed by atoms with Crippen molar-refractivity contribution >= 4 is 5.97 Å². The molecule has 1 atom stereocenters. The van der Waals surface area contributed by atoms with Crippen molar-refractivity contribution in [2.75, 3.05) is 6.61 Å². The van der Waals surface area contributed by atoms with Gasteiger partial charge in [-0.1, -0.05) is 6.92 Å². The second-order valence-electron chi connectivity index (χ2n) is 2.31. The van der Waals surface area contributed by atoms with Crippen molar-refractivity contribution in [3.05, 3.63) is 0 Å². The van der Waals surface area contributed by atoms with Gasteiger partial charge >= 0.3 is 5.97 Å². The Morgan fingerprint density at radius 2 is 1.77 bits per heavy atom. The Hall–Kier alpha value is -0.690. The SMILES string of the molecule is CCCC(=O)O.OCC(O)C(O)O. The standard InChI is InChI=1S/C4H8O2.C3H8O4/c1-2-3-4(5)6;4-1-2(5)3(6)7/h2-3H2,1H3,(H,5,6);2-7H,1H2. The van der Waals surface area contributed by atoms with Crippen LogP contribution in [0.5, 0.6) is 0 Å². The number of hydrogen-bond donors (Lipinski definition) is 5. The molecule has 0 aromatic carbocycles. The van der Waals surface area contributed by atoms with E-state index in [4.69, 9.17) is 25.5 Å². The quantitative estimate of drug-likeness (QED) is 0.350. The van der Waals surface area contributed by atoms with Crippen molar-refractivity contribution in [1.29, 1.82) is 0 Å². The Balaban J connectivity index is 0. The molecule has 5 N–H and O–H groups in total. The molecule has 13 heavy (non-hydrogen) atoms. The number of carboxylic acid groups (broad SMARTS) is 1. The van der Waals surface area contributed by atoms with Crippen LogP contribution in [0.1, 0.15) is 19.8 Å². The van der Waals surface area contributed by atoms with Gasteiger partial charge in [-0.25, -0.2) is 0 Å². The van der Waals surface area contributed by atoms with Gasteiger partial charge in [-0.3, -0.25) is 4.79 Å². The first-order chi connectivity index (χ1) is 5.95. The molecule has 0 saturated carbocycles. The first kappa shape index (κ1) is 14.8. The van der Waals surface area contributed by atoms with Gasteiger partial charge in [0.2, 0.25) is 0 Å². The molecule has 0 aromatic rings. The molecule has 0 amide bonds. The minimum atomic E-state index is -1.83. The highest BCUT2D eigenvalue weighted by atomic mass is 16.5. The Kier molecular flexibility index (Phi) is 10.7. The third-order valence-electron chi connectivity index (χ3n) is 0.995. The van der Waals surface area contributed by atoms with Crippen LogP contribution in [-0.2, 0) is 4.79 Å². The number of aliphatic carboxylic acids is 1. The van der Waals surface area contributed by atoms with Crippen LogP contribution in [0.15, 0.2) is 0 Å². The number of aliphatic hydroxyl groups excluding tert-OH is 3. The second kappa shape index (κ2) is 9.40. The van der Waals surface area contributed by atoms with Crippen molar-refractivity contribution in [2.24, 2.45) is 0 Å². The van der Waals surface area contributed by atoms with Crippen LogP contribution in [0.2, 0.25) is 0 Å². The van der Waals surface area contributed by atoms with Crippen LogP contribution in [0.3, 0.4) is 0 Å². The molecule has 6 heteroatoms. The van der Waals surface area contributed by atoms with Gasteiger partial charge in [0, 0.05) is 6.42 Å². The van der Waals surface area contributed by atoms with Gasteiger partial charge in [-0.2, -0.15) is 0 Å². The molecule has 0 rings (SSSR count). The smallest absolute Gasteiger partial charge is 0.303 e. The van der Waals surface area contributed by atoms with E-state index in [1.54, 1.807) is 0 Å². The highest BCUT2D eigenvalue weighted by molar-refractivity contribution is 5.66. The molecule has 0 fully saturated rings. The Labute approximate surface area is 76.1 Å². The number of rotatable bonds is 4. The summed E-state index contributed by atoms with van der Waals surface area (Å²) in [5.41, 5.74) is 0. The zero-order chi connectivity index (χ0) is 10.9. The number of carboxylic acids is 1. The predicted molar refractivity (Wildman–Crippen MR) is 43.9 cm³/mol. The molecular weight excluding hydrogens is 180 g/mol. The summed E-state index contributed by atoms with van der Waals surface area (Å²) in [6, 6.07) is 0. The van der Waals surface area contributed by atoms with E-state index in [0.29, 0.717) is 6.42 Å². The molecule has 0 aromatic heterocycles. The van der Waals surface area contributed by atoms with Crippen LogP contribution in [-0.4, -0.2) is 50.5 Å². The third-order valence-corrected chi connectivity index (χ3v) is 0.995. The zero-order valence-corrected chi connectivity index (χ0v) is 7.42. The second-order valence-corrected chi connectivity index (χ2v) is 2.31. The molecule has 0 heterocycles. The summed E-state index contributed by atoms with van der Waals surface area (Å²) in [4.78, 5) is 9.60. The van der Waals surface area contributed by atoms with Gasteiger partial charge < -0.3 is 25.5 Å². The summed E-state index contributed by atoms with van der Waals surface area (Å²) in [5, 5.41) is 40.0. The summed E-state index contributed by atoms with van der Waals surface area (Å²) >= 11 is 0. The van der Waals surface area contributed by atoms with Crippen LogP contribution in [0.25, 0.3) is 0 Å². The maximum atomic E-state index is 9.60. The van der Waals surface area contributed by atoms with Gasteiger partial charge in [0.15, 0.2) is 6.29 Å². The molecule has 0 aliphatic carbocycles. The molecule has 6 nitrogen and oxygen atoms in total. The molecule has 0 spiro atoms. The number of carbonyl (C=O) groups is 1. The molecule has 0 bridgehead atoms. The van der Waals surface area contributed by atoms with Gasteiger partial charge in [0.05, 0.1) is 6.61 Å². The molecule has 80 valence electrons. The fourth-order valence-electron chi connectivity index (χ4n) is 0.308. The van der Waals surface area contributed by atoms with Crippen molar-refractivity contribution in [3.8, 4) is 0 Å². The van der Waals surface area contributed by atoms with Crippen molar-refractivity contribution in [3.63, 3.8) is 0 Å². The molecule has 0 radical (unpaired) electrons. The molecule has 0 aliphatic heterocycles. The van der Waals surface area contributed by atoms with E-state index in [0.717, 1.165) is 6.42 Å². The monoisotopic (exact) mass is 196 g/mol. The first-order valence-corrected chi connectivity index (χ1v) is 3.82. The highest BCUT2D eigenvalue weighted by Crippen LogP contribution is 1.83. The van der Waals surface area contributed by atoms with Crippen LogP contribution >= 0.6 is 0 Å². The van der Waals surface area contributed by atoms with Crippen molar-refractivity contribution in [2.45, 2.75) is 32.2 Å². The minimum Gasteiger partial charge on any atom is -0.481 e. The van der Waals surface area contributed by atoms with Crippen LogP contribution in [0, 0.1) is 0 Å². The van der Waals surface area contributed by atoms with Crippen molar-refractivity contribution < 1.29 is 30.3 Å². The number of hydrogen-bond acceptors (Lipinski definition) is 5. The van der Waals surface area contributed by atoms with E-state index in [9.17, 15) is 4.79 Å². The Morgan fingerprint density at radius 3 is 1.77 bits per heavy atom. The molecular formula is C7H16O6. The topological polar surface area (TPSA) is 118 Å². The number of aliphatic hydroxyl groups is 4. The average Bonchev–Trinajstić information content (AvgIpc) is 2.03. The van der Waals surface area contributed by atoms with E-state index >= 15 is 0 Å². The Bertz CT molecular complexity index is 124. The van der Waals surface area contributed by atoms with E-state index in [1.165, 1.54) is 0 Å². The normalized spacial score (nSPS) is 11.8. The summed E-state index contributed by atoms with van der Waals surface area (Å²) in [6.45, 7) is 1.21. The van der Waals surface area contributed by atoms with Gasteiger partial charge in [0.1, 0.15) is 6.10 Å². The maximum absolute atomic E-state index is 9.60. The van der Waals surface area contributed by atoms with Crippen LogP contribution < -0.4 is 0 Å². The largest absolute Gasteiger partial charge is 0.481 e. The zero-order valence-electron chi connectivity index (χ0n) is 7.42. The summed E-state index contributed by atoms with van der Waals surface area (Å²) < 4.78 is 0. The lowest BCUT2D eigenvalue weighted by Crippen LogP contribution is -2.28. The van der Waals surface area contributed by atoms with E-state index < -0.39 is 25.0 Å². The summed E-state index contributed by atoms with van der Waals surface area (Å²) in [7, 11) is 0. The van der Waals surface area contributed by atoms with E-state index in [1.807, 2.05) is 6.92 Å². The fourth-order valence-corrected chi connectivity index (χ4v) is 0.308. The molecule has 1 unspecified atom stereocenters. The summed E-state index contributed by atoms with van der Waals surface area (Å²) in [5.74, 6) is -0.711. The lowest BCUT2D eigenvalue weighted by molar-refractivity contribution is -0.137. The van der Waals surface area contributed by atoms with E-state index in [-0.39, 0.29) is 0 Å². The first-order valence-electron chi connectivity index (χ1n) is 3.82. The molecule has 0 aliphatic rings. The average molecular weight is 196 g/mol. The van der Waals surface area contributed by atoms with Crippen LogP contribution in [0.4, 0.5) is 0 Å². The Morgan fingerprint density at radius 1 is 1.31 bits per heavy atom. The van der Waals surface area contributed by atoms with E-state index in [2.05, 4.69) is 0 Å². The molecule has 0 saturated heterocycles. The van der Waals surface area contributed by atoms with Crippen molar-refractivity contribution in [1.82, 2.24) is 0 Å². The minimum absolute atomic E-state index is 0.292. The van der Waals surface area contributed by atoms with Gasteiger partial charge in [-0.05, 0) is 6.42 Å². The lowest BCUT2D eigenvalue weighted by Gasteiger charge is -2.06. The predicted octanol–water partition coefficient (Wildman–Crippen LogP) is -1.48.